The van der Waals surface area contributed by atoms with Gasteiger partial charge in [0.1, 0.15) is 5.82 Å². The first-order chi connectivity index (χ1) is 11.9. The van der Waals surface area contributed by atoms with Crippen molar-refractivity contribution in [1.29, 1.82) is 0 Å². The quantitative estimate of drug-likeness (QED) is 0.518. The first kappa shape index (κ1) is 20.9. The summed E-state index contributed by atoms with van der Waals surface area (Å²) < 4.78 is 18.4. The number of urea groups is 1. The minimum Gasteiger partial charge on any atom is -0.469 e. The van der Waals surface area contributed by atoms with E-state index in [0.29, 0.717) is 44.5 Å². The van der Waals surface area contributed by atoms with Crippen molar-refractivity contribution in [3.05, 3.63) is 35.6 Å². The van der Waals surface area contributed by atoms with Crippen molar-refractivity contribution in [1.82, 2.24) is 15.1 Å². The zero-order valence-electron chi connectivity index (χ0n) is 15.3. The van der Waals surface area contributed by atoms with Gasteiger partial charge in [-0.05, 0) is 33.0 Å². The third kappa shape index (κ3) is 8.49. The highest BCUT2D eigenvalue weighted by molar-refractivity contribution is 5.74. The molecule has 0 unspecified atom stereocenters. The first-order valence-electron chi connectivity index (χ1n) is 8.41. The molecule has 0 aliphatic carbocycles. The van der Waals surface area contributed by atoms with Crippen molar-refractivity contribution < 1.29 is 18.7 Å². The van der Waals surface area contributed by atoms with Crippen LogP contribution in [0.2, 0.25) is 0 Å². The molecule has 0 aliphatic rings. The Bertz CT molecular complexity index is 552. The van der Waals surface area contributed by atoms with Gasteiger partial charge in [0.25, 0.3) is 0 Å². The summed E-state index contributed by atoms with van der Waals surface area (Å²) in [5.74, 6) is -0.568. The molecule has 7 heteroatoms. The third-order valence-corrected chi connectivity index (χ3v) is 3.73. The summed E-state index contributed by atoms with van der Waals surface area (Å²) in [7, 11) is 5.20. The summed E-state index contributed by atoms with van der Waals surface area (Å²) >= 11 is 0. The van der Waals surface area contributed by atoms with Gasteiger partial charge in [-0.25, -0.2) is 9.18 Å². The number of halogens is 1. The van der Waals surface area contributed by atoms with Gasteiger partial charge in [-0.1, -0.05) is 18.2 Å². The second-order valence-corrected chi connectivity index (χ2v) is 6.08. The van der Waals surface area contributed by atoms with E-state index in [1.54, 1.807) is 23.1 Å². The summed E-state index contributed by atoms with van der Waals surface area (Å²) in [6, 6.07) is 6.23. The molecule has 0 saturated heterocycles. The number of benzene rings is 1. The van der Waals surface area contributed by atoms with Crippen LogP contribution in [0.1, 0.15) is 24.8 Å². The van der Waals surface area contributed by atoms with Crippen molar-refractivity contribution in [3.63, 3.8) is 0 Å². The Hall–Kier alpha value is -2.15. The van der Waals surface area contributed by atoms with Crippen LogP contribution in [0.25, 0.3) is 0 Å². The Kier molecular flexibility index (Phi) is 9.54. The van der Waals surface area contributed by atoms with Gasteiger partial charge >= 0.3 is 12.0 Å². The van der Waals surface area contributed by atoms with E-state index in [-0.39, 0.29) is 24.4 Å². The Morgan fingerprint density at radius 2 is 1.88 bits per heavy atom. The maximum atomic E-state index is 13.9. The van der Waals surface area contributed by atoms with Gasteiger partial charge in [0, 0.05) is 31.6 Å². The van der Waals surface area contributed by atoms with Crippen molar-refractivity contribution >= 4 is 12.0 Å². The summed E-state index contributed by atoms with van der Waals surface area (Å²) in [4.78, 5) is 27.0. The summed E-state index contributed by atoms with van der Waals surface area (Å²) in [6.07, 6.45) is 1.67. The van der Waals surface area contributed by atoms with Crippen LogP contribution in [0.4, 0.5) is 9.18 Å². The number of esters is 1. The fourth-order valence-electron chi connectivity index (χ4n) is 2.21. The van der Waals surface area contributed by atoms with Crippen LogP contribution >= 0.6 is 0 Å². The van der Waals surface area contributed by atoms with Crippen molar-refractivity contribution in [2.24, 2.45) is 0 Å². The van der Waals surface area contributed by atoms with Crippen LogP contribution in [-0.4, -0.2) is 62.6 Å². The molecular formula is C18H28FN3O3. The normalized spacial score (nSPS) is 10.6. The van der Waals surface area contributed by atoms with E-state index in [0.717, 1.165) is 0 Å². The van der Waals surface area contributed by atoms with Crippen molar-refractivity contribution in [2.75, 3.05) is 40.8 Å². The Labute approximate surface area is 148 Å². The molecule has 25 heavy (non-hydrogen) atoms. The maximum Gasteiger partial charge on any atom is 0.317 e. The lowest BCUT2D eigenvalue weighted by Crippen LogP contribution is -2.43. The molecule has 0 spiro atoms. The molecule has 1 aromatic carbocycles. The maximum absolute atomic E-state index is 13.9. The molecule has 0 radical (unpaired) electrons. The van der Waals surface area contributed by atoms with E-state index in [9.17, 15) is 14.0 Å². The van der Waals surface area contributed by atoms with Gasteiger partial charge in [-0.3, -0.25) is 4.79 Å². The highest BCUT2D eigenvalue weighted by Gasteiger charge is 2.15. The second-order valence-electron chi connectivity index (χ2n) is 6.08. The van der Waals surface area contributed by atoms with E-state index >= 15 is 0 Å². The number of ether oxygens (including phenoxy) is 1. The lowest BCUT2D eigenvalue weighted by Gasteiger charge is -2.25. The third-order valence-electron chi connectivity index (χ3n) is 3.73. The number of nitrogens with one attached hydrogen (secondary N) is 1. The summed E-state index contributed by atoms with van der Waals surface area (Å²) in [6.45, 7) is 1.86. The molecule has 0 heterocycles. The Balaban J connectivity index is 2.52. The van der Waals surface area contributed by atoms with Gasteiger partial charge in [-0.2, -0.15) is 0 Å². The van der Waals surface area contributed by atoms with Gasteiger partial charge in [0.2, 0.25) is 0 Å². The number of methoxy groups -OCH3 is 1. The molecule has 0 atom stereocenters. The van der Waals surface area contributed by atoms with Gasteiger partial charge in [0.15, 0.2) is 0 Å². The van der Waals surface area contributed by atoms with E-state index < -0.39 is 0 Å². The minimum absolute atomic E-state index is 0.217. The monoisotopic (exact) mass is 353 g/mol. The zero-order valence-corrected chi connectivity index (χ0v) is 15.3. The largest absolute Gasteiger partial charge is 0.469 e. The number of nitrogens with zero attached hydrogens (tertiary/aromatic N) is 2. The number of unbranched alkanes of at least 4 members (excludes halogenated alkanes) is 1. The topological polar surface area (TPSA) is 61.9 Å². The fraction of sp³-hybridized carbons (Fsp3) is 0.556. The van der Waals surface area contributed by atoms with Crippen LogP contribution < -0.4 is 5.32 Å². The number of hydrogen-bond donors (Lipinski definition) is 1. The lowest BCUT2D eigenvalue weighted by atomic mass is 10.2. The van der Waals surface area contributed by atoms with Crippen LogP contribution in [0.3, 0.4) is 0 Å². The van der Waals surface area contributed by atoms with Gasteiger partial charge < -0.3 is 19.9 Å². The molecule has 0 saturated carbocycles. The fourth-order valence-corrected chi connectivity index (χ4v) is 2.21. The number of rotatable bonds is 10. The van der Waals surface area contributed by atoms with Gasteiger partial charge in [-0.15, -0.1) is 0 Å². The molecule has 0 fully saturated rings. The lowest BCUT2D eigenvalue weighted by molar-refractivity contribution is -0.140. The summed E-state index contributed by atoms with van der Waals surface area (Å²) in [5.41, 5.74) is 0.488. The molecule has 0 bridgehead atoms. The molecule has 1 aromatic rings. The minimum atomic E-state index is -0.316. The number of likely N-dealkylation sites (N-methyl/N-ethyl adjacent to an activating group) is 1. The summed E-state index contributed by atoms with van der Waals surface area (Å²) in [5, 5.41) is 2.83. The van der Waals surface area contributed by atoms with Crippen LogP contribution in [0.5, 0.6) is 0 Å². The van der Waals surface area contributed by atoms with E-state index in [2.05, 4.69) is 10.1 Å². The molecule has 1 N–H and O–H groups in total. The number of amides is 2. The molecule has 0 aliphatic heterocycles. The van der Waals surface area contributed by atoms with Crippen LogP contribution in [0.15, 0.2) is 24.3 Å². The smallest absolute Gasteiger partial charge is 0.317 e. The van der Waals surface area contributed by atoms with Crippen LogP contribution in [-0.2, 0) is 16.1 Å². The second kappa shape index (κ2) is 11.4. The Morgan fingerprint density at radius 3 is 2.52 bits per heavy atom. The van der Waals surface area contributed by atoms with E-state index in [4.69, 9.17) is 0 Å². The molecule has 0 aromatic heterocycles. The van der Waals surface area contributed by atoms with E-state index in [1.807, 2.05) is 19.0 Å². The standard InChI is InChI=1S/C18H28FN3O3/c1-21(2)12-13-22(14-15-8-4-5-9-16(15)19)18(24)20-11-7-6-10-17(23)25-3/h4-5,8-9H,6-7,10-14H2,1-3H3,(H,20,24). The number of carbonyl (C=O) groups is 2. The average molecular weight is 353 g/mol. The Morgan fingerprint density at radius 1 is 1.16 bits per heavy atom. The predicted molar refractivity (Wildman–Crippen MR) is 94.6 cm³/mol. The van der Waals surface area contributed by atoms with Crippen molar-refractivity contribution in [2.45, 2.75) is 25.8 Å². The highest BCUT2D eigenvalue weighted by Crippen LogP contribution is 2.10. The molecule has 140 valence electrons. The van der Waals surface area contributed by atoms with Crippen molar-refractivity contribution in [3.8, 4) is 0 Å². The molecule has 2 amide bonds. The number of hydrogen-bond acceptors (Lipinski definition) is 4. The molecular weight excluding hydrogens is 325 g/mol. The van der Waals surface area contributed by atoms with Gasteiger partial charge in [0.05, 0.1) is 13.7 Å². The SMILES string of the molecule is COC(=O)CCCCNC(=O)N(CCN(C)C)Cc1ccccc1F. The predicted octanol–water partition coefficient (Wildman–Crippen LogP) is 2.24. The number of carbonyl (C=O) groups excluding carboxylic acids is 2. The molecule has 1 rings (SSSR count). The van der Waals surface area contributed by atoms with Crippen LogP contribution in [0, 0.1) is 5.82 Å². The highest BCUT2D eigenvalue weighted by atomic mass is 19.1. The molecule has 6 nitrogen and oxygen atoms in total. The van der Waals surface area contributed by atoms with E-state index in [1.165, 1.54) is 13.2 Å². The average Bonchev–Trinajstić information content (AvgIpc) is 2.59. The first-order valence-corrected chi connectivity index (χ1v) is 8.41. The zero-order chi connectivity index (χ0) is 18.7.